The molecular weight excluding hydrogens is 300 g/mol. The van der Waals surface area contributed by atoms with Gasteiger partial charge in [-0.1, -0.05) is 41.9 Å². The molecule has 1 amide bonds. The first-order valence-corrected chi connectivity index (χ1v) is 7.08. The lowest BCUT2D eigenvalue weighted by Crippen LogP contribution is -2.28. The van der Waals surface area contributed by atoms with E-state index in [0.29, 0.717) is 10.8 Å². The van der Waals surface area contributed by atoms with Gasteiger partial charge in [0, 0.05) is 5.56 Å². The maximum Gasteiger partial charge on any atom is 0.305 e. The molecule has 0 radical (unpaired) electrons. The Bertz CT molecular complexity index is 784. The summed E-state index contributed by atoms with van der Waals surface area (Å²) in [7, 11) is 0. The second-order valence-electron chi connectivity index (χ2n) is 4.59. The lowest BCUT2D eigenvalue weighted by molar-refractivity contribution is 0.0936. The smallest absolute Gasteiger partial charge is 0.305 e. The normalized spacial score (nSPS) is 10.2. The largest absolute Gasteiger partial charge is 0.451 e. The van der Waals surface area contributed by atoms with E-state index in [1.165, 1.54) is 0 Å². The molecule has 0 saturated heterocycles. The molecule has 1 aromatic heterocycles. The molecule has 0 unspecified atom stereocenters. The minimum Gasteiger partial charge on any atom is -0.451 e. The van der Waals surface area contributed by atoms with Crippen molar-refractivity contribution in [2.24, 2.45) is 0 Å². The van der Waals surface area contributed by atoms with Crippen LogP contribution in [0, 0.1) is 0 Å². The maximum atomic E-state index is 12.0. The van der Waals surface area contributed by atoms with Crippen molar-refractivity contribution in [3.8, 4) is 11.3 Å². The van der Waals surface area contributed by atoms with E-state index in [2.05, 4.69) is 10.9 Å². The summed E-state index contributed by atoms with van der Waals surface area (Å²) in [4.78, 5) is 12.0. The van der Waals surface area contributed by atoms with Crippen molar-refractivity contribution in [1.29, 1.82) is 0 Å². The number of carbonyl (C=O) groups is 1. The fraction of sp³-hybridized carbons (Fsp3) is 0. The third kappa shape index (κ3) is 3.13. The van der Waals surface area contributed by atoms with E-state index in [4.69, 9.17) is 16.0 Å². The van der Waals surface area contributed by atoms with Crippen LogP contribution in [0.15, 0.2) is 71.1 Å². The molecule has 0 atom stereocenters. The van der Waals surface area contributed by atoms with Gasteiger partial charge in [-0.3, -0.25) is 15.6 Å². The Morgan fingerprint density at radius 2 is 1.64 bits per heavy atom. The number of nitrogens with one attached hydrogen (secondary N) is 2. The van der Waals surface area contributed by atoms with Crippen LogP contribution in [-0.2, 0) is 0 Å². The minimum absolute atomic E-state index is 0.207. The molecule has 0 aliphatic heterocycles. The van der Waals surface area contributed by atoms with Crippen molar-refractivity contribution in [3.63, 3.8) is 0 Å². The molecule has 2 N–H and O–H groups in total. The summed E-state index contributed by atoms with van der Waals surface area (Å²) in [5, 5.41) is 0.575. The second kappa shape index (κ2) is 6.37. The molecular formula is C17H13ClN2O2. The Morgan fingerprint density at radius 1 is 0.909 bits per heavy atom. The van der Waals surface area contributed by atoms with Crippen LogP contribution >= 0.6 is 11.6 Å². The lowest BCUT2D eigenvalue weighted by Gasteiger charge is -2.06. The van der Waals surface area contributed by atoms with E-state index in [1.54, 1.807) is 18.2 Å². The SMILES string of the molecule is O=C(NNc1ccccc1)c1ccc(-c2ccccc2Cl)o1. The Morgan fingerprint density at radius 3 is 2.41 bits per heavy atom. The van der Waals surface area contributed by atoms with Gasteiger partial charge < -0.3 is 4.42 Å². The standard InChI is InChI=1S/C17H13ClN2O2/c18-14-9-5-4-8-13(14)15-10-11-16(22-15)17(21)20-19-12-6-2-1-3-7-12/h1-11,19H,(H,20,21). The van der Waals surface area contributed by atoms with Crippen LogP contribution in [0.2, 0.25) is 5.02 Å². The molecule has 0 spiro atoms. The van der Waals surface area contributed by atoms with Gasteiger partial charge >= 0.3 is 5.91 Å². The zero-order chi connectivity index (χ0) is 15.4. The van der Waals surface area contributed by atoms with Crippen molar-refractivity contribution >= 4 is 23.2 Å². The van der Waals surface area contributed by atoms with Crippen molar-refractivity contribution in [1.82, 2.24) is 5.43 Å². The highest BCUT2D eigenvalue weighted by Crippen LogP contribution is 2.28. The Balaban J connectivity index is 1.71. The van der Waals surface area contributed by atoms with Gasteiger partial charge in [0.2, 0.25) is 0 Å². The summed E-state index contributed by atoms with van der Waals surface area (Å²) in [6, 6.07) is 20.0. The van der Waals surface area contributed by atoms with E-state index in [1.807, 2.05) is 48.5 Å². The van der Waals surface area contributed by atoms with Gasteiger partial charge in [-0.05, 0) is 36.4 Å². The van der Waals surface area contributed by atoms with E-state index in [-0.39, 0.29) is 11.7 Å². The first-order valence-electron chi connectivity index (χ1n) is 6.70. The van der Waals surface area contributed by atoms with Gasteiger partial charge in [0.25, 0.3) is 0 Å². The van der Waals surface area contributed by atoms with Crippen LogP contribution in [0.1, 0.15) is 10.6 Å². The number of hydrogen-bond acceptors (Lipinski definition) is 3. The number of rotatable bonds is 4. The summed E-state index contributed by atoms with van der Waals surface area (Å²) in [5.41, 5.74) is 6.93. The van der Waals surface area contributed by atoms with Gasteiger partial charge in [-0.2, -0.15) is 0 Å². The molecule has 2 aromatic carbocycles. The number of para-hydroxylation sites is 1. The molecule has 3 rings (SSSR count). The Labute approximate surface area is 132 Å². The fourth-order valence-corrected chi connectivity index (χ4v) is 2.21. The van der Waals surface area contributed by atoms with Crippen molar-refractivity contribution in [2.75, 3.05) is 5.43 Å². The number of benzene rings is 2. The summed E-state index contributed by atoms with van der Waals surface area (Å²) < 4.78 is 5.56. The monoisotopic (exact) mass is 312 g/mol. The number of hydrazine groups is 1. The minimum atomic E-state index is -0.359. The molecule has 3 aromatic rings. The molecule has 0 fully saturated rings. The van der Waals surface area contributed by atoms with Crippen LogP contribution in [0.3, 0.4) is 0 Å². The molecule has 0 aliphatic carbocycles. The van der Waals surface area contributed by atoms with Crippen LogP contribution in [0.5, 0.6) is 0 Å². The highest BCUT2D eigenvalue weighted by atomic mass is 35.5. The predicted molar refractivity (Wildman–Crippen MR) is 86.7 cm³/mol. The zero-order valence-electron chi connectivity index (χ0n) is 11.5. The maximum absolute atomic E-state index is 12.0. The number of amides is 1. The molecule has 110 valence electrons. The number of anilines is 1. The van der Waals surface area contributed by atoms with Gasteiger partial charge in [0.1, 0.15) is 5.76 Å². The molecule has 0 aliphatic rings. The average Bonchev–Trinajstić information content (AvgIpc) is 3.04. The molecule has 22 heavy (non-hydrogen) atoms. The van der Waals surface area contributed by atoms with Crippen LogP contribution in [0.25, 0.3) is 11.3 Å². The number of hydrogen-bond donors (Lipinski definition) is 2. The van der Waals surface area contributed by atoms with E-state index >= 15 is 0 Å². The molecule has 5 heteroatoms. The molecule has 0 saturated carbocycles. The average molecular weight is 313 g/mol. The van der Waals surface area contributed by atoms with E-state index in [9.17, 15) is 4.79 Å². The van der Waals surface area contributed by atoms with Crippen LogP contribution < -0.4 is 10.9 Å². The van der Waals surface area contributed by atoms with Gasteiger partial charge in [-0.15, -0.1) is 0 Å². The highest BCUT2D eigenvalue weighted by molar-refractivity contribution is 6.33. The lowest BCUT2D eigenvalue weighted by atomic mass is 10.2. The third-order valence-electron chi connectivity index (χ3n) is 3.06. The highest BCUT2D eigenvalue weighted by Gasteiger charge is 2.13. The van der Waals surface area contributed by atoms with Crippen LogP contribution in [0.4, 0.5) is 5.69 Å². The summed E-state index contributed by atoms with van der Waals surface area (Å²) in [5.74, 6) is 0.399. The zero-order valence-corrected chi connectivity index (χ0v) is 12.3. The van der Waals surface area contributed by atoms with Crippen molar-refractivity contribution in [2.45, 2.75) is 0 Å². The second-order valence-corrected chi connectivity index (χ2v) is 5.00. The summed E-state index contributed by atoms with van der Waals surface area (Å²) in [6.45, 7) is 0. The van der Waals surface area contributed by atoms with Gasteiger partial charge in [-0.25, -0.2) is 0 Å². The quantitative estimate of drug-likeness (QED) is 0.704. The summed E-state index contributed by atoms with van der Waals surface area (Å²) in [6.07, 6.45) is 0. The Kier molecular flexibility index (Phi) is 4.12. The van der Waals surface area contributed by atoms with Gasteiger partial charge in [0.05, 0.1) is 10.7 Å². The first-order chi connectivity index (χ1) is 10.7. The van der Waals surface area contributed by atoms with E-state index < -0.39 is 0 Å². The van der Waals surface area contributed by atoms with Crippen LogP contribution in [-0.4, -0.2) is 5.91 Å². The molecule has 0 bridgehead atoms. The molecule has 1 heterocycles. The topological polar surface area (TPSA) is 54.3 Å². The fourth-order valence-electron chi connectivity index (χ4n) is 1.98. The van der Waals surface area contributed by atoms with Gasteiger partial charge in [0.15, 0.2) is 5.76 Å². The Hall–Kier alpha value is -2.72. The van der Waals surface area contributed by atoms with Crippen molar-refractivity contribution < 1.29 is 9.21 Å². The number of carbonyl (C=O) groups excluding carboxylic acids is 1. The third-order valence-corrected chi connectivity index (χ3v) is 3.39. The number of halogens is 1. The molecule has 4 nitrogen and oxygen atoms in total. The van der Waals surface area contributed by atoms with Crippen molar-refractivity contribution in [3.05, 3.63) is 77.5 Å². The summed E-state index contributed by atoms with van der Waals surface area (Å²) >= 11 is 6.12. The first kappa shape index (κ1) is 14.2. The van der Waals surface area contributed by atoms with E-state index in [0.717, 1.165) is 11.3 Å². The predicted octanol–water partition coefficient (Wildman–Crippen LogP) is 4.36. The number of furan rings is 1.